The molecular weight excluding hydrogens is 514 g/mol. The monoisotopic (exact) mass is 561 g/mol. The first-order chi connectivity index (χ1) is 18.7. The fourth-order valence-electron chi connectivity index (χ4n) is 4.61. The zero-order valence-corrected chi connectivity index (χ0v) is 24.9. The predicted octanol–water partition coefficient (Wildman–Crippen LogP) is 3.36. The third-order valence-electron chi connectivity index (χ3n) is 6.71. The van der Waals surface area contributed by atoms with Crippen LogP contribution < -0.4 is 10.6 Å². The molecule has 224 valence electrons. The van der Waals surface area contributed by atoms with Gasteiger partial charge in [0.1, 0.15) is 23.7 Å². The average molecular weight is 562 g/mol. The van der Waals surface area contributed by atoms with E-state index >= 15 is 0 Å². The second-order valence-corrected chi connectivity index (χ2v) is 11.4. The molecule has 0 aromatic rings. The van der Waals surface area contributed by atoms with Gasteiger partial charge in [0.2, 0.25) is 11.8 Å². The molecule has 3 amide bonds. The fourth-order valence-corrected chi connectivity index (χ4v) is 4.61. The maximum absolute atomic E-state index is 13.9. The van der Waals surface area contributed by atoms with Crippen LogP contribution in [0.25, 0.3) is 0 Å². The molecule has 0 aromatic heterocycles. The molecule has 1 aliphatic heterocycles. The second-order valence-electron chi connectivity index (χ2n) is 11.4. The Kier molecular flexibility index (Phi) is 13.9. The summed E-state index contributed by atoms with van der Waals surface area (Å²) in [5, 5.41) is 5.38. The molecule has 0 saturated carbocycles. The van der Waals surface area contributed by atoms with Gasteiger partial charge in [-0.3, -0.25) is 9.59 Å². The van der Waals surface area contributed by atoms with Gasteiger partial charge in [0, 0.05) is 17.9 Å². The molecule has 40 heavy (non-hydrogen) atoms. The van der Waals surface area contributed by atoms with E-state index in [2.05, 4.69) is 29.7 Å². The number of alkyl carbamates (subject to hydrolysis) is 1. The predicted molar refractivity (Wildman–Crippen MR) is 153 cm³/mol. The Morgan fingerprint density at radius 1 is 1.07 bits per heavy atom. The minimum Gasteiger partial charge on any atom is -0.467 e. The summed E-state index contributed by atoms with van der Waals surface area (Å²) in [4.78, 5) is 54.1. The van der Waals surface area contributed by atoms with Crippen molar-refractivity contribution in [1.82, 2.24) is 15.5 Å². The van der Waals surface area contributed by atoms with Crippen molar-refractivity contribution in [2.75, 3.05) is 26.9 Å². The molecule has 1 fully saturated rings. The third kappa shape index (κ3) is 10.7. The molecule has 10 nitrogen and oxygen atoms in total. The van der Waals surface area contributed by atoms with Crippen LogP contribution in [0.1, 0.15) is 66.7 Å². The maximum Gasteiger partial charge on any atom is 0.408 e. The minimum absolute atomic E-state index is 0.156. The van der Waals surface area contributed by atoms with Crippen molar-refractivity contribution in [3.05, 3.63) is 25.3 Å². The SMILES string of the molecule is C#CC(C)(C)[C@H]1CCN(C(=O)[C@H](COCC=C)NC(=O)OC(C)(C)C)[C@@H]1C(=O)N[C@@H](CCCCC=C)C(=O)OC. The lowest BCUT2D eigenvalue weighted by Crippen LogP contribution is -2.59. The van der Waals surface area contributed by atoms with Crippen LogP contribution in [-0.4, -0.2) is 79.4 Å². The zero-order valence-electron chi connectivity index (χ0n) is 24.9. The number of hydrogen-bond donors (Lipinski definition) is 2. The Morgan fingerprint density at radius 3 is 2.30 bits per heavy atom. The van der Waals surface area contributed by atoms with Crippen molar-refractivity contribution >= 4 is 23.9 Å². The number of carbonyl (C=O) groups excluding carboxylic acids is 4. The molecule has 0 aliphatic carbocycles. The molecule has 10 heteroatoms. The van der Waals surface area contributed by atoms with Crippen LogP contribution in [0.15, 0.2) is 25.3 Å². The molecule has 2 N–H and O–H groups in total. The van der Waals surface area contributed by atoms with Gasteiger partial charge in [0.05, 0.1) is 20.3 Å². The van der Waals surface area contributed by atoms with Crippen molar-refractivity contribution in [3.8, 4) is 12.3 Å². The molecule has 4 atom stereocenters. The van der Waals surface area contributed by atoms with E-state index in [1.165, 1.54) is 18.1 Å². The highest BCUT2D eigenvalue weighted by atomic mass is 16.6. The smallest absolute Gasteiger partial charge is 0.408 e. The molecule has 0 unspecified atom stereocenters. The molecule has 1 saturated heterocycles. The van der Waals surface area contributed by atoms with Crippen LogP contribution >= 0.6 is 0 Å². The number of terminal acetylenes is 1. The van der Waals surface area contributed by atoms with Gasteiger partial charge < -0.3 is 29.7 Å². The van der Waals surface area contributed by atoms with E-state index in [0.29, 0.717) is 19.3 Å². The van der Waals surface area contributed by atoms with Crippen LogP contribution in [0.5, 0.6) is 0 Å². The number of hydrogen-bond acceptors (Lipinski definition) is 7. The van der Waals surface area contributed by atoms with Crippen molar-refractivity contribution in [1.29, 1.82) is 0 Å². The number of esters is 1. The molecular formula is C30H47N3O7. The average Bonchev–Trinajstić information content (AvgIpc) is 3.34. The third-order valence-corrected chi connectivity index (χ3v) is 6.71. The van der Waals surface area contributed by atoms with Gasteiger partial charge in [-0.2, -0.15) is 0 Å². The Balaban J connectivity index is 3.31. The number of methoxy groups -OCH3 is 1. The molecule has 0 bridgehead atoms. The number of unbranched alkanes of at least 4 members (excludes halogenated alkanes) is 2. The van der Waals surface area contributed by atoms with E-state index in [9.17, 15) is 19.2 Å². The van der Waals surface area contributed by atoms with E-state index in [0.717, 1.165) is 12.8 Å². The summed E-state index contributed by atoms with van der Waals surface area (Å²) < 4.78 is 15.8. The number of ether oxygens (including phenoxy) is 3. The molecule has 1 aliphatic rings. The normalized spacial score (nSPS) is 18.6. The van der Waals surface area contributed by atoms with Crippen molar-refractivity contribution < 1.29 is 33.4 Å². The Hall–Kier alpha value is -3.32. The Morgan fingerprint density at radius 2 is 1.75 bits per heavy atom. The number of amides is 3. The minimum atomic E-state index is -1.13. The summed E-state index contributed by atoms with van der Waals surface area (Å²) in [6.07, 6.45) is 11.4. The zero-order chi connectivity index (χ0) is 30.5. The number of rotatable bonds is 15. The van der Waals surface area contributed by atoms with E-state index in [-0.39, 0.29) is 19.8 Å². The number of carbonyl (C=O) groups is 4. The van der Waals surface area contributed by atoms with Crippen LogP contribution in [0.3, 0.4) is 0 Å². The van der Waals surface area contributed by atoms with Crippen LogP contribution in [-0.2, 0) is 28.6 Å². The van der Waals surface area contributed by atoms with Gasteiger partial charge in [0.25, 0.3) is 0 Å². The topological polar surface area (TPSA) is 123 Å². The second kappa shape index (κ2) is 16.1. The highest BCUT2D eigenvalue weighted by Gasteiger charge is 2.49. The maximum atomic E-state index is 13.9. The lowest BCUT2D eigenvalue weighted by atomic mass is 9.75. The van der Waals surface area contributed by atoms with E-state index in [1.54, 1.807) is 26.8 Å². The van der Waals surface area contributed by atoms with Gasteiger partial charge >= 0.3 is 12.1 Å². The molecule has 0 aromatic carbocycles. The van der Waals surface area contributed by atoms with Crippen LogP contribution in [0.4, 0.5) is 4.79 Å². The molecule has 1 heterocycles. The first-order valence-electron chi connectivity index (χ1n) is 13.7. The lowest BCUT2D eigenvalue weighted by Gasteiger charge is -2.35. The molecule has 1 rings (SSSR count). The quantitative estimate of drug-likeness (QED) is 0.136. The first kappa shape index (κ1) is 34.7. The number of nitrogens with one attached hydrogen (secondary N) is 2. The molecule has 0 radical (unpaired) electrons. The van der Waals surface area contributed by atoms with Crippen molar-refractivity contribution in [3.63, 3.8) is 0 Å². The summed E-state index contributed by atoms with van der Waals surface area (Å²) in [7, 11) is 1.26. The fraction of sp³-hybridized carbons (Fsp3) is 0.667. The van der Waals surface area contributed by atoms with Gasteiger partial charge in [-0.15, -0.1) is 25.5 Å². The Labute approximate surface area is 239 Å². The summed E-state index contributed by atoms with van der Waals surface area (Å²) in [5.41, 5.74) is -1.53. The standard InChI is InChI=1S/C30H47N3O7/c1-10-13-14-15-16-22(27(36)38-9)31-25(34)24-21(30(7,8)12-3)17-18-33(24)26(35)23(20-39-19-11-2)32-28(37)40-29(4,5)6/h3,10-11,21-24H,1-2,13-20H2,4-9H3,(H,31,34)(H,32,37)/t21-,22-,23-,24-/m0/s1. The number of nitrogens with zero attached hydrogens (tertiary/aromatic N) is 1. The van der Waals surface area contributed by atoms with Gasteiger partial charge in [-0.25, -0.2) is 9.59 Å². The lowest BCUT2D eigenvalue weighted by molar-refractivity contribution is -0.147. The van der Waals surface area contributed by atoms with Crippen molar-refractivity contribution in [2.45, 2.75) is 90.4 Å². The largest absolute Gasteiger partial charge is 0.467 e. The van der Waals surface area contributed by atoms with Crippen LogP contribution in [0, 0.1) is 23.7 Å². The van der Waals surface area contributed by atoms with Crippen molar-refractivity contribution in [2.24, 2.45) is 11.3 Å². The Bertz CT molecular complexity index is 948. The summed E-state index contributed by atoms with van der Waals surface area (Å²) in [6, 6.07) is -3.00. The highest BCUT2D eigenvalue weighted by Crippen LogP contribution is 2.39. The van der Waals surface area contributed by atoms with Gasteiger partial charge in [0.15, 0.2) is 0 Å². The van der Waals surface area contributed by atoms with E-state index in [1.807, 2.05) is 13.8 Å². The van der Waals surface area contributed by atoms with Crippen LogP contribution in [0.2, 0.25) is 0 Å². The van der Waals surface area contributed by atoms with Gasteiger partial charge in [-0.05, 0) is 60.3 Å². The molecule has 0 spiro atoms. The number of allylic oxidation sites excluding steroid dienone is 1. The summed E-state index contributed by atoms with van der Waals surface area (Å²) >= 11 is 0. The van der Waals surface area contributed by atoms with E-state index in [4.69, 9.17) is 20.6 Å². The summed E-state index contributed by atoms with van der Waals surface area (Å²) in [6.45, 7) is 16.3. The van der Waals surface area contributed by atoms with Gasteiger partial charge in [-0.1, -0.05) is 18.6 Å². The number of likely N-dealkylation sites (tertiary alicyclic amines) is 1. The highest BCUT2D eigenvalue weighted by molar-refractivity contribution is 5.94. The summed E-state index contributed by atoms with van der Waals surface area (Å²) in [5.74, 6) is 0.736. The van der Waals surface area contributed by atoms with E-state index < -0.39 is 58.9 Å². The first-order valence-corrected chi connectivity index (χ1v) is 13.7.